The molecule has 2 aliphatic rings. The molecule has 7 aromatic carbocycles. The predicted molar refractivity (Wildman–Crippen MR) is 397 cm³/mol. The molecule has 0 aromatic heterocycles. The van der Waals surface area contributed by atoms with Gasteiger partial charge in [-0.1, -0.05) is 93.0 Å². The number of fused-ring (bicyclic) bond motifs is 4. The molecule has 0 fully saturated rings. The third kappa shape index (κ3) is 15.8. The lowest BCUT2D eigenvalue weighted by molar-refractivity contribution is -0.462. The number of rotatable bonds is 29. The second kappa shape index (κ2) is 30.5. The van der Waals surface area contributed by atoms with Gasteiger partial charge in [0.25, 0.3) is 0 Å². The molecule has 1 aliphatic carbocycles. The van der Waals surface area contributed by atoms with Gasteiger partial charge in [-0.25, -0.2) is 30.0 Å². The molecule has 1 aliphatic heterocycles. The molecule has 0 saturated heterocycles. The van der Waals surface area contributed by atoms with Crippen molar-refractivity contribution < 1.29 is 50.7 Å². The molecule has 0 atom stereocenters. The minimum atomic E-state index is -3.96. The van der Waals surface area contributed by atoms with Gasteiger partial charge in [0.1, 0.15) is 27.9 Å². The molecule has 0 bridgehead atoms. The number of nitrogens with zero attached hydrogens (tertiary/aromatic N) is 6. The molecule has 17 nitrogen and oxygen atoms in total. The summed E-state index contributed by atoms with van der Waals surface area (Å²) in [6, 6.07) is 37.1. The first-order chi connectivity index (χ1) is 45.9. The number of sulfonamides is 2. The molecule has 1 amide bonds. The van der Waals surface area contributed by atoms with Gasteiger partial charge in [-0.2, -0.15) is 0 Å². The predicted octanol–water partition coefficient (Wildman–Crippen LogP) is 9.00. The van der Waals surface area contributed by atoms with Crippen LogP contribution in [-0.2, 0) is 55.8 Å². The molecule has 9 rings (SSSR count). The van der Waals surface area contributed by atoms with Crippen molar-refractivity contribution in [1.82, 2.24) is 23.7 Å². The first kappa shape index (κ1) is 73.4. The van der Waals surface area contributed by atoms with Gasteiger partial charge in [-0.3, -0.25) is 19.4 Å². The fourth-order valence-corrected chi connectivity index (χ4v) is 18.1. The molecule has 4 N–H and O–H groups in total. The number of Topliss-reactive ketones (excluding diaryl/α,β-unsaturated/α-hetero) is 1. The molecule has 0 saturated carbocycles. The second-order valence-electron chi connectivity index (χ2n) is 26.8. The molecular formula is C75H91B2N7O10S2Si+. The summed E-state index contributed by atoms with van der Waals surface area (Å²) in [7, 11) is 2.64. The lowest BCUT2D eigenvalue weighted by Crippen LogP contribution is -2.49. The van der Waals surface area contributed by atoms with E-state index in [4.69, 9.17) is 4.65 Å². The highest BCUT2D eigenvalue weighted by Crippen LogP contribution is 2.45. The first-order valence-electron chi connectivity index (χ1n) is 32.6. The molecule has 7 aromatic rings. The number of hydrogen-bond acceptors (Lipinski definition) is 13. The van der Waals surface area contributed by atoms with Crippen molar-refractivity contribution in [3.63, 3.8) is 0 Å². The van der Waals surface area contributed by atoms with Crippen LogP contribution in [-0.4, -0.2) is 171 Å². The van der Waals surface area contributed by atoms with Crippen LogP contribution in [0.25, 0.3) is 38.2 Å². The van der Waals surface area contributed by atoms with Crippen LogP contribution in [0.5, 0.6) is 5.75 Å². The average molecular weight is 1360 g/mol. The van der Waals surface area contributed by atoms with E-state index in [2.05, 4.69) is 171 Å². The van der Waals surface area contributed by atoms with E-state index in [1.54, 1.807) is 26.0 Å². The Bertz CT molecular complexity index is 4630. The van der Waals surface area contributed by atoms with Crippen molar-refractivity contribution in [3.05, 3.63) is 208 Å². The molecule has 0 spiro atoms. The molecule has 1 radical (unpaired) electrons. The number of hydrogen-bond donors (Lipinski definition) is 4. The molecule has 22 heteroatoms. The highest BCUT2D eigenvalue weighted by molar-refractivity contribution is 7.89. The van der Waals surface area contributed by atoms with Crippen molar-refractivity contribution in [2.45, 2.75) is 95.5 Å². The maximum Gasteiger partial charge on any atom is 0.569 e. The summed E-state index contributed by atoms with van der Waals surface area (Å²) in [5.74, 6) is -0.0518. The van der Waals surface area contributed by atoms with E-state index in [-0.39, 0.29) is 52.3 Å². The summed E-state index contributed by atoms with van der Waals surface area (Å²) in [4.78, 5) is 32.4. The van der Waals surface area contributed by atoms with Crippen molar-refractivity contribution in [1.29, 1.82) is 0 Å². The van der Waals surface area contributed by atoms with Gasteiger partial charge in [0.2, 0.25) is 26.0 Å². The molecule has 97 heavy (non-hydrogen) atoms. The van der Waals surface area contributed by atoms with E-state index in [0.29, 0.717) is 81.8 Å². The summed E-state index contributed by atoms with van der Waals surface area (Å²) in [6.07, 6.45) is 8.80. The number of nitrogens with one attached hydrogen (secondary N) is 1. The zero-order valence-corrected chi connectivity index (χ0v) is 60.9. The number of carbonyl (C=O) groups excluding carboxylic acids is 2. The van der Waals surface area contributed by atoms with Crippen molar-refractivity contribution in [2.24, 2.45) is 0 Å². The normalized spacial score (nSPS) is 13.7. The van der Waals surface area contributed by atoms with Gasteiger partial charge in [-0.15, -0.1) is 0 Å². The van der Waals surface area contributed by atoms with Crippen LogP contribution >= 0.6 is 0 Å². The Balaban J connectivity index is 1.29. The summed E-state index contributed by atoms with van der Waals surface area (Å²) in [6.45, 7) is 20.1. The van der Waals surface area contributed by atoms with Gasteiger partial charge >= 0.3 is 14.8 Å². The largest absolute Gasteiger partial charge is 0.569 e. The quantitative estimate of drug-likeness (QED) is 0.0114. The van der Waals surface area contributed by atoms with Gasteiger partial charge in [0, 0.05) is 117 Å². The van der Waals surface area contributed by atoms with Crippen molar-refractivity contribution in [3.8, 4) is 16.9 Å². The number of unbranched alkanes of at least 4 members (excludes halogenated alkanes) is 1. The van der Waals surface area contributed by atoms with Crippen LogP contribution in [0.1, 0.15) is 78.5 Å². The first-order valence-corrected chi connectivity index (χ1v) is 38.5. The smallest absolute Gasteiger partial charge is 0.537 e. The summed E-state index contributed by atoms with van der Waals surface area (Å²) in [5, 5.41) is 41.2. The van der Waals surface area contributed by atoms with Crippen LogP contribution in [0.2, 0.25) is 13.1 Å². The Hall–Kier alpha value is -7.86. The fourth-order valence-electron chi connectivity index (χ4n) is 13.2. The number of ketones is 1. The Morgan fingerprint density at radius 2 is 1.26 bits per heavy atom. The van der Waals surface area contributed by atoms with Crippen LogP contribution in [0.4, 0.5) is 5.69 Å². The van der Waals surface area contributed by atoms with E-state index in [1.807, 2.05) is 12.1 Å². The molecule has 0 unspecified atom stereocenters. The fraction of sp³-hybridized carbons (Fsp3) is 0.320. The van der Waals surface area contributed by atoms with E-state index < -0.39 is 35.2 Å². The standard InChI is InChI=1S/C75H90B2N7O10S2Si/c1-49(2)70(85)26-18-19-38-83(46-54-41-58(96(92,93)82(12)13)31-36-71(54)94-76-87)48-68-62-23-17-16-22-61(62)67(47-84(39-21-37-78-75(86)50(3)4)45-53-40-57(95(90,91)81(10)11)30-35-69(53)77(88)89)63-32-27-52(42-66(63)68)59-24-20-25-60(51(59)5)74-64-33-28-55(79(6)7)43-72(64)97(14,15)73-44-56(80(8)9)29-34-65(73)74/h16-17,20,22-25,27-36,40-44,87-89H,1,3,18-19,21,26,37-39,45-48H2,2,4-15H3/p+1. The number of amides is 1. The number of benzene rings is 7. The van der Waals surface area contributed by atoms with Gasteiger partial charge in [-0.05, 0) is 200 Å². The van der Waals surface area contributed by atoms with Gasteiger partial charge in [0.05, 0.1) is 9.79 Å². The van der Waals surface area contributed by atoms with Crippen LogP contribution in [0.3, 0.4) is 0 Å². The van der Waals surface area contributed by atoms with E-state index in [0.717, 1.165) is 74.9 Å². The summed E-state index contributed by atoms with van der Waals surface area (Å²) < 4.78 is 65.2. The highest BCUT2D eigenvalue weighted by atomic mass is 32.2. The van der Waals surface area contributed by atoms with Crippen LogP contribution < -0.4 is 25.5 Å². The second-order valence-corrected chi connectivity index (χ2v) is 35.4. The number of anilines is 1. The van der Waals surface area contributed by atoms with Gasteiger partial charge in [0.15, 0.2) is 11.5 Å². The SMILES string of the molecule is C=C(C)C(=O)CCCCN(Cc1cc(S(=O)(=O)N(C)C)ccc1O[B]O)Cc1c2ccccc2c(CN(CCCNC(=O)C(=C)C)Cc2cc(S(=O)(=O)N(C)C)ccc2B(O)O)c2ccc(-c3cccc(C4=C5C=CC(=[N+](C)C)C=C5[Si](C)(C)c5cc(N(C)C)ccc54)c3C)cc12. The lowest BCUT2D eigenvalue weighted by atomic mass is 9.77. The van der Waals surface area contributed by atoms with E-state index in [9.17, 15) is 41.5 Å². The molecule has 1 heterocycles. The minimum Gasteiger partial charge on any atom is -0.537 e. The van der Waals surface area contributed by atoms with E-state index >= 15 is 0 Å². The number of carbonyl (C=O) groups is 2. The maximum absolute atomic E-state index is 13.8. The zero-order chi connectivity index (χ0) is 70.6. The molecule has 507 valence electrons. The van der Waals surface area contributed by atoms with Crippen molar-refractivity contribution >= 4 is 104 Å². The average Bonchev–Trinajstić information content (AvgIpc) is 0.730. The topological polar surface area (TPSA) is 204 Å². The van der Waals surface area contributed by atoms with Crippen molar-refractivity contribution in [2.75, 3.05) is 80.9 Å². The summed E-state index contributed by atoms with van der Waals surface area (Å²) >= 11 is 0. The number of allylic oxidation sites excluding steroid dienone is 6. The third-order valence-electron chi connectivity index (χ3n) is 18.7. The van der Waals surface area contributed by atoms with Gasteiger partial charge < -0.3 is 29.9 Å². The Morgan fingerprint density at radius 1 is 0.660 bits per heavy atom. The maximum atomic E-state index is 13.8. The third-order valence-corrected chi connectivity index (χ3v) is 25.9. The Morgan fingerprint density at radius 3 is 1.86 bits per heavy atom. The van der Waals surface area contributed by atoms with Crippen LogP contribution in [0.15, 0.2) is 178 Å². The van der Waals surface area contributed by atoms with Crippen LogP contribution in [0, 0.1) is 6.92 Å². The zero-order valence-electron chi connectivity index (χ0n) is 58.2. The highest BCUT2D eigenvalue weighted by Gasteiger charge is 2.41. The Labute approximate surface area is 575 Å². The minimum absolute atomic E-state index is 0.0122. The molecular weight excluding hydrogens is 1270 g/mol. The monoisotopic (exact) mass is 1360 g/mol. The Kier molecular flexibility index (Phi) is 23.1. The lowest BCUT2D eigenvalue weighted by Gasteiger charge is -2.38. The summed E-state index contributed by atoms with van der Waals surface area (Å²) in [5.41, 5.74) is 13.8. The van der Waals surface area contributed by atoms with E-state index in [1.165, 1.54) is 79.5 Å².